The highest BCUT2D eigenvalue weighted by Crippen LogP contribution is 2.31. The van der Waals surface area contributed by atoms with Crippen LogP contribution in [0.15, 0.2) is 40.2 Å². The van der Waals surface area contributed by atoms with Gasteiger partial charge in [0.1, 0.15) is 10.7 Å². The van der Waals surface area contributed by atoms with Crippen molar-refractivity contribution in [3.63, 3.8) is 0 Å². The molecule has 1 aromatic carbocycles. The van der Waals surface area contributed by atoms with Gasteiger partial charge in [-0.2, -0.15) is 4.98 Å². The summed E-state index contributed by atoms with van der Waals surface area (Å²) in [5.74, 6) is 0.324. The largest absolute Gasteiger partial charge is 0.324 e. The van der Waals surface area contributed by atoms with E-state index in [4.69, 9.17) is 11.6 Å². The predicted octanol–water partition coefficient (Wildman–Crippen LogP) is 4.30. The Morgan fingerprint density at radius 2 is 1.91 bits per heavy atom. The van der Waals surface area contributed by atoms with Crippen LogP contribution >= 0.6 is 11.6 Å². The van der Waals surface area contributed by atoms with Gasteiger partial charge in [-0.15, -0.1) is 0 Å². The monoisotopic (exact) mass is 475 g/mol. The maximum atomic E-state index is 12.8. The van der Waals surface area contributed by atoms with Crippen LogP contribution in [0.25, 0.3) is 11.0 Å². The highest BCUT2D eigenvalue weighted by Gasteiger charge is 2.22. The quantitative estimate of drug-likeness (QED) is 0.550. The average molecular weight is 476 g/mol. The molecule has 32 heavy (non-hydrogen) atoms. The van der Waals surface area contributed by atoms with Gasteiger partial charge in [0.25, 0.3) is 5.56 Å². The number of fused-ring (bicyclic) bond motifs is 1. The Morgan fingerprint density at radius 1 is 1.19 bits per heavy atom. The van der Waals surface area contributed by atoms with Crippen LogP contribution in [-0.4, -0.2) is 29.0 Å². The lowest BCUT2D eigenvalue weighted by Crippen LogP contribution is -2.30. The van der Waals surface area contributed by atoms with Crippen LogP contribution in [0.2, 0.25) is 5.02 Å². The first-order valence-electron chi connectivity index (χ1n) is 10.6. The molecule has 3 aromatic rings. The fraction of sp³-hybridized carbons (Fsp3) is 0.409. The van der Waals surface area contributed by atoms with Crippen LogP contribution in [0.1, 0.15) is 51.1 Å². The minimum atomic E-state index is -3.58. The van der Waals surface area contributed by atoms with E-state index >= 15 is 0 Å². The molecule has 4 rings (SSSR count). The zero-order valence-corrected chi connectivity index (χ0v) is 19.8. The van der Waals surface area contributed by atoms with Gasteiger partial charge in [0.15, 0.2) is 0 Å². The molecule has 0 aliphatic heterocycles. The molecule has 2 aromatic heterocycles. The molecule has 1 saturated carbocycles. The van der Waals surface area contributed by atoms with Crippen molar-refractivity contribution in [3.8, 4) is 0 Å². The normalized spacial score (nSPS) is 15.0. The maximum Gasteiger partial charge on any atom is 0.271 e. The number of sulfonamides is 1. The van der Waals surface area contributed by atoms with Crippen LogP contribution < -0.4 is 15.6 Å². The number of aromatic nitrogens is 3. The van der Waals surface area contributed by atoms with Crippen molar-refractivity contribution in [3.05, 3.63) is 51.4 Å². The second-order valence-electron chi connectivity index (χ2n) is 8.46. The van der Waals surface area contributed by atoms with Gasteiger partial charge in [0.05, 0.1) is 4.90 Å². The first-order chi connectivity index (χ1) is 15.2. The number of pyridine rings is 1. The van der Waals surface area contributed by atoms with E-state index in [0.29, 0.717) is 22.7 Å². The van der Waals surface area contributed by atoms with E-state index in [1.165, 1.54) is 6.07 Å². The van der Waals surface area contributed by atoms with E-state index < -0.39 is 10.0 Å². The Bertz CT molecular complexity index is 1330. The molecule has 0 unspecified atom stereocenters. The van der Waals surface area contributed by atoms with E-state index in [1.54, 1.807) is 42.8 Å². The first kappa shape index (κ1) is 22.7. The number of halogens is 1. The number of anilines is 2. The lowest BCUT2D eigenvalue weighted by atomic mass is 10.2. The maximum absolute atomic E-state index is 12.8. The fourth-order valence-corrected chi connectivity index (χ4v) is 5.63. The predicted molar refractivity (Wildman–Crippen MR) is 126 cm³/mol. The number of rotatable bonds is 6. The zero-order valence-electron chi connectivity index (χ0n) is 18.2. The Labute approximate surface area is 192 Å². The summed E-state index contributed by atoms with van der Waals surface area (Å²) in [6.07, 6.45) is 5.62. The summed E-state index contributed by atoms with van der Waals surface area (Å²) in [5, 5.41) is 4.01. The molecule has 0 atom stereocenters. The molecule has 0 amide bonds. The van der Waals surface area contributed by atoms with Gasteiger partial charge < -0.3 is 5.32 Å². The van der Waals surface area contributed by atoms with Crippen molar-refractivity contribution in [2.24, 2.45) is 0 Å². The van der Waals surface area contributed by atoms with E-state index in [-0.39, 0.29) is 27.6 Å². The lowest BCUT2D eigenvalue weighted by molar-refractivity contribution is 0.516. The summed E-state index contributed by atoms with van der Waals surface area (Å²) in [5.41, 5.74) is 1.71. The topological polar surface area (TPSA) is 106 Å². The molecule has 0 radical (unpaired) electrons. The number of benzene rings is 1. The molecular formula is C22H26ClN5O3S. The van der Waals surface area contributed by atoms with E-state index in [0.717, 1.165) is 31.2 Å². The minimum absolute atomic E-state index is 0.0751. The van der Waals surface area contributed by atoms with Gasteiger partial charge in [-0.25, -0.2) is 18.1 Å². The van der Waals surface area contributed by atoms with Crippen molar-refractivity contribution < 1.29 is 8.42 Å². The third kappa shape index (κ3) is 4.51. The number of nitrogens with one attached hydrogen (secondary N) is 2. The molecular weight excluding hydrogens is 450 g/mol. The van der Waals surface area contributed by atoms with Crippen LogP contribution in [0.3, 0.4) is 0 Å². The third-order valence-electron chi connectivity index (χ3n) is 5.56. The number of nitrogens with zero attached hydrogens (tertiary/aromatic N) is 3. The van der Waals surface area contributed by atoms with Gasteiger partial charge in [-0.3, -0.25) is 9.36 Å². The summed E-state index contributed by atoms with van der Waals surface area (Å²) in [7, 11) is -3.58. The van der Waals surface area contributed by atoms with Crippen molar-refractivity contribution in [2.45, 2.75) is 63.4 Å². The Kier molecular flexibility index (Phi) is 6.24. The molecule has 1 aliphatic carbocycles. The summed E-state index contributed by atoms with van der Waals surface area (Å²) in [6.45, 7) is 5.36. The fourth-order valence-electron chi connectivity index (χ4n) is 4.09. The molecule has 0 spiro atoms. The van der Waals surface area contributed by atoms with E-state index in [2.05, 4.69) is 20.0 Å². The molecule has 0 saturated heterocycles. The van der Waals surface area contributed by atoms with Gasteiger partial charge in [0, 0.05) is 29.4 Å². The summed E-state index contributed by atoms with van der Waals surface area (Å²) >= 11 is 6.19. The number of aryl methyl sites for hydroxylation is 1. The van der Waals surface area contributed by atoms with E-state index in [9.17, 15) is 13.2 Å². The van der Waals surface area contributed by atoms with Gasteiger partial charge >= 0.3 is 0 Å². The van der Waals surface area contributed by atoms with Crippen LogP contribution in [0, 0.1) is 6.92 Å². The van der Waals surface area contributed by atoms with Crippen LogP contribution in [0.4, 0.5) is 11.6 Å². The molecule has 0 bridgehead atoms. The lowest BCUT2D eigenvalue weighted by Gasteiger charge is -2.17. The van der Waals surface area contributed by atoms with Crippen molar-refractivity contribution >= 4 is 44.3 Å². The van der Waals surface area contributed by atoms with Crippen LogP contribution in [-0.2, 0) is 10.0 Å². The molecule has 8 nitrogen and oxygen atoms in total. The molecule has 1 fully saturated rings. The molecule has 170 valence electrons. The smallest absolute Gasteiger partial charge is 0.271 e. The number of hydrogen-bond acceptors (Lipinski definition) is 6. The van der Waals surface area contributed by atoms with Crippen LogP contribution in [0.5, 0.6) is 0 Å². The highest BCUT2D eigenvalue weighted by molar-refractivity contribution is 7.89. The minimum Gasteiger partial charge on any atom is -0.324 e. The second kappa shape index (κ2) is 8.80. The van der Waals surface area contributed by atoms with E-state index in [1.807, 2.05) is 6.92 Å². The zero-order chi connectivity index (χ0) is 23.0. The molecule has 10 heteroatoms. The number of hydrogen-bond donors (Lipinski definition) is 2. The summed E-state index contributed by atoms with van der Waals surface area (Å²) < 4.78 is 29.1. The van der Waals surface area contributed by atoms with Crippen molar-refractivity contribution in [1.82, 2.24) is 19.3 Å². The Morgan fingerprint density at radius 3 is 2.56 bits per heavy atom. The Hall–Kier alpha value is -2.49. The Balaban J connectivity index is 1.70. The molecule has 2 heterocycles. The first-order valence-corrected chi connectivity index (χ1v) is 12.5. The van der Waals surface area contributed by atoms with Gasteiger partial charge in [-0.1, -0.05) is 24.4 Å². The third-order valence-corrected chi connectivity index (χ3v) is 7.49. The van der Waals surface area contributed by atoms with Crippen molar-refractivity contribution in [1.29, 1.82) is 0 Å². The SMILES string of the molecule is Cc1cc(S(=O)(=O)NC(C)C)ccc1Nc1ncc2cc(Cl)c(=O)n(C3CCCC3)c2n1. The van der Waals surface area contributed by atoms with Gasteiger partial charge in [-0.05, 0) is 63.4 Å². The van der Waals surface area contributed by atoms with Gasteiger partial charge in [0.2, 0.25) is 16.0 Å². The average Bonchev–Trinajstić information content (AvgIpc) is 3.24. The highest BCUT2D eigenvalue weighted by atomic mass is 35.5. The summed E-state index contributed by atoms with van der Waals surface area (Å²) in [4.78, 5) is 22.0. The molecule has 1 aliphatic rings. The standard InChI is InChI=1S/C22H26ClN5O3S/c1-13(2)27-32(30,31)17-8-9-19(14(3)10-17)25-22-24-12-15-11-18(23)21(29)28(20(15)26-22)16-6-4-5-7-16/h8-13,16,27H,4-7H2,1-3H3,(H,24,25,26). The molecule has 2 N–H and O–H groups in total. The second-order valence-corrected chi connectivity index (χ2v) is 10.6. The summed E-state index contributed by atoms with van der Waals surface area (Å²) in [6, 6.07) is 6.30. The van der Waals surface area contributed by atoms with Crippen molar-refractivity contribution in [2.75, 3.05) is 5.32 Å².